The van der Waals surface area contributed by atoms with Crippen molar-refractivity contribution in [3.63, 3.8) is 0 Å². The van der Waals surface area contributed by atoms with Gasteiger partial charge < -0.3 is 19.6 Å². The molecule has 26 heavy (non-hydrogen) atoms. The third-order valence-electron chi connectivity index (χ3n) is 4.19. The summed E-state index contributed by atoms with van der Waals surface area (Å²) in [5.74, 6) is -1.82. The zero-order valence-corrected chi connectivity index (χ0v) is 15.8. The molecular formula is C17H20Cl2N2O5. The van der Waals surface area contributed by atoms with E-state index in [1.54, 1.807) is 18.2 Å². The molecule has 1 fully saturated rings. The van der Waals surface area contributed by atoms with Gasteiger partial charge in [-0.2, -0.15) is 0 Å². The highest BCUT2D eigenvalue weighted by molar-refractivity contribution is 6.35. The Morgan fingerprint density at radius 3 is 2.65 bits per heavy atom. The second-order valence-electron chi connectivity index (χ2n) is 5.94. The first-order valence-electron chi connectivity index (χ1n) is 8.06. The molecule has 1 N–H and O–H groups in total. The summed E-state index contributed by atoms with van der Waals surface area (Å²) in [5.41, 5.74) is 0.799. The number of hydrogen-bond acceptors (Lipinski definition) is 4. The van der Waals surface area contributed by atoms with Crippen LogP contribution in [0.2, 0.25) is 10.0 Å². The van der Waals surface area contributed by atoms with Crippen LogP contribution in [0.4, 0.5) is 0 Å². The maximum absolute atomic E-state index is 12.7. The van der Waals surface area contributed by atoms with Crippen molar-refractivity contribution in [2.24, 2.45) is 0 Å². The SMILES string of the molecule is COCCN1C(=O)CN(CCc2ccc(Cl)cc2Cl)C(=O)C1CC(=O)O. The largest absolute Gasteiger partial charge is 0.481 e. The molecule has 7 nitrogen and oxygen atoms in total. The summed E-state index contributed by atoms with van der Waals surface area (Å²) in [7, 11) is 1.48. The Bertz CT molecular complexity index is 698. The molecule has 1 heterocycles. The van der Waals surface area contributed by atoms with Gasteiger partial charge in [-0.05, 0) is 24.1 Å². The number of amides is 2. The van der Waals surface area contributed by atoms with Gasteiger partial charge in [-0.3, -0.25) is 14.4 Å². The van der Waals surface area contributed by atoms with Gasteiger partial charge in [-0.1, -0.05) is 29.3 Å². The maximum atomic E-state index is 12.7. The number of carboxylic acid groups (broad SMARTS) is 1. The zero-order chi connectivity index (χ0) is 19.3. The number of nitrogens with zero attached hydrogens (tertiary/aromatic N) is 2. The van der Waals surface area contributed by atoms with Crippen molar-refractivity contribution < 1.29 is 24.2 Å². The number of carboxylic acids is 1. The van der Waals surface area contributed by atoms with E-state index >= 15 is 0 Å². The van der Waals surface area contributed by atoms with Crippen LogP contribution in [0.3, 0.4) is 0 Å². The van der Waals surface area contributed by atoms with Crippen molar-refractivity contribution >= 4 is 41.0 Å². The molecule has 1 atom stereocenters. The van der Waals surface area contributed by atoms with Crippen molar-refractivity contribution in [1.82, 2.24) is 9.80 Å². The van der Waals surface area contributed by atoms with E-state index < -0.39 is 18.4 Å². The molecular weight excluding hydrogens is 383 g/mol. The molecule has 0 aliphatic carbocycles. The molecule has 0 saturated carbocycles. The second kappa shape index (κ2) is 9.21. The van der Waals surface area contributed by atoms with Crippen LogP contribution < -0.4 is 0 Å². The summed E-state index contributed by atoms with van der Waals surface area (Å²) in [4.78, 5) is 38.9. The molecule has 2 rings (SSSR count). The fraction of sp³-hybridized carbons (Fsp3) is 0.471. The van der Waals surface area contributed by atoms with E-state index in [9.17, 15) is 14.4 Å². The summed E-state index contributed by atoms with van der Waals surface area (Å²) in [6.07, 6.45) is -0.000622. The van der Waals surface area contributed by atoms with E-state index in [1.165, 1.54) is 16.9 Å². The van der Waals surface area contributed by atoms with Crippen molar-refractivity contribution in [3.8, 4) is 0 Å². The normalized spacial score (nSPS) is 17.7. The third kappa shape index (κ3) is 5.09. The zero-order valence-electron chi connectivity index (χ0n) is 14.3. The lowest BCUT2D eigenvalue weighted by molar-refractivity contribution is -0.159. The molecule has 0 bridgehead atoms. The van der Waals surface area contributed by atoms with Gasteiger partial charge in [0.25, 0.3) is 0 Å². The van der Waals surface area contributed by atoms with E-state index in [-0.39, 0.29) is 38.1 Å². The first-order chi connectivity index (χ1) is 12.3. The second-order valence-corrected chi connectivity index (χ2v) is 6.78. The number of methoxy groups -OCH3 is 1. The van der Waals surface area contributed by atoms with Gasteiger partial charge in [-0.15, -0.1) is 0 Å². The van der Waals surface area contributed by atoms with Gasteiger partial charge in [0.15, 0.2) is 0 Å². The van der Waals surface area contributed by atoms with Crippen LogP contribution >= 0.6 is 23.2 Å². The predicted molar refractivity (Wildman–Crippen MR) is 96.4 cm³/mol. The molecule has 1 aliphatic rings. The average molecular weight is 403 g/mol. The van der Waals surface area contributed by atoms with E-state index in [4.69, 9.17) is 33.0 Å². The van der Waals surface area contributed by atoms with E-state index in [0.717, 1.165) is 5.56 Å². The van der Waals surface area contributed by atoms with Crippen molar-refractivity contribution in [1.29, 1.82) is 0 Å². The standard InChI is InChI=1S/C17H20Cl2N2O5/c1-26-7-6-21-14(9-16(23)24)17(25)20(10-15(21)22)5-4-11-2-3-12(18)8-13(11)19/h2-3,8,14H,4-7,9-10H2,1H3,(H,23,24). The van der Waals surface area contributed by atoms with Gasteiger partial charge >= 0.3 is 5.97 Å². The minimum atomic E-state index is -1.14. The first kappa shape index (κ1) is 20.5. The number of benzene rings is 1. The summed E-state index contributed by atoms with van der Waals surface area (Å²) in [5, 5.41) is 10.1. The number of piperazine rings is 1. The highest BCUT2D eigenvalue weighted by Crippen LogP contribution is 2.22. The Morgan fingerprint density at radius 1 is 1.31 bits per heavy atom. The predicted octanol–water partition coefficient (Wildman–Crippen LogP) is 1.70. The van der Waals surface area contributed by atoms with Crippen LogP contribution in [0, 0.1) is 0 Å². The van der Waals surface area contributed by atoms with Crippen LogP contribution in [0.5, 0.6) is 0 Å². The Kier molecular flexibility index (Phi) is 7.25. The van der Waals surface area contributed by atoms with Crippen LogP contribution in [-0.4, -0.2) is 72.1 Å². The smallest absolute Gasteiger partial charge is 0.305 e. The number of carbonyl (C=O) groups excluding carboxylic acids is 2. The third-order valence-corrected chi connectivity index (χ3v) is 4.78. The molecule has 1 saturated heterocycles. The number of rotatable bonds is 8. The molecule has 1 aromatic carbocycles. The van der Waals surface area contributed by atoms with Crippen molar-refractivity contribution in [2.75, 3.05) is 33.4 Å². The summed E-state index contributed by atoms with van der Waals surface area (Å²) < 4.78 is 4.94. The van der Waals surface area contributed by atoms with Gasteiger partial charge in [0.2, 0.25) is 11.8 Å². The lowest BCUT2D eigenvalue weighted by atomic mass is 10.1. The molecule has 0 spiro atoms. The molecule has 9 heteroatoms. The van der Waals surface area contributed by atoms with Gasteiger partial charge in [-0.25, -0.2) is 0 Å². The number of aliphatic carboxylic acids is 1. The Hall–Kier alpha value is -1.83. The molecule has 2 amide bonds. The summed E-state index contributed by atoms with van der Waals surface area (Å²) >= 11 is 12.0. The average Bonchev–Trinajstić information content (AvgIpc) is 2.57. The molecule has 1 unspecified atom stereocenters. The summed E-state index contributed by atoms with van der Waals surface area (Å²) in [6.45, 7) is 0.579. The Labute approximate surface area is 161 Å². The van der Waals surface area contributed by atoms with Gasteiger partial charge in [0.1, 0.15) is 6.04 Å². The van der Waals surface area contributed by atoms with Crippen LogP contribution in [-0.2, 0) is 25.5 Å². The monoisotopic (exact) mass is 402 g/mol. The van der Waals surface area contributed by atoms with Crippen LogP contribution in [0.1, 0.15) is 12.0 Å². The Morgan fingerprint density at radius 2 is 2.04 bits per heavy atom. The quantitative estimate of drug-likeness (QED) is 0.714. The molecule has 0 aromatic heterocycles. The van der Waals surface area contributed by atoms with Gasteiger partial charge in [0.05, 0.1) is 19.6 Å². The van der Waals surface area contributed by atoms with Gasteiger partial charge in [0, 0.05) is 30.2 Å². The topological polar surface area (TPSA) is 87.2 Å². The summed E-state index contributed by atoms with van der Waals surface area (Å²) in [6, 6.07) is 4.05. The fourth-order valence-corrected chi connectivity index (χ4v) is 3.36. The number of ether oxygens (including phenoxy) is 1. The number of hydrogen-bond donors (Lipinski definition) is 1. The maximum Gasteiger partial charge on any atom is 0.305 e. The fourth-order valence-electron chi connectivity index (χ4n) is 2.85. The van der Waals surface area contributed by atoms with Crippen molar-refractivity contribution in [2.45, 2.75) is 18.9 Å². The van der Waals surface area contributed by atoms with E-state index in [0.29, 0.717) is 16.5 Å². The van der Waals surface area contributed by atoms with Crippen molar-refractivity contribution in [3.05, 3.63) is 33.8 Å². The lowest BCUT2D eigenvalue weighted by Gasteiger charge is -2.39. The van der Waals surface area contributed by atoms with Crippen LogP contribution in [0.25, 0.3) is 0 Å². The highest BCUT2D eigenvalue weighted by Gasteiger charge is 2.40. The molecule has 142 valence electrons. The first-order valence-corrected chi connectivity index (χ1v) is 8.82. The number of carbonyl (C=O) groups is 3. The van der Waals surface area contributed by atoms with E-state index in [2.05, 4.69) is 0 Å². The highest BCUT2D eigenvalue weighted by atomic mass is 35.5. The lowest BCUT2D eigenvalue weighted by Crippen LogP contribution is -2.61. The van der Waals surface area contributed by atoms with Crippen LogP contribution in [0.15, 0.2) is 18.2 Å². The molecule has 1 aromatic rings. The molecule has 1 aliphatic heterocycles. The van der Waals surface area contributed by atoms with E-state index in [1.807, 2.05) is 0 Å². The Balaban J connectivity index is 2.10. The number of halogens is 2. The minimum Gasteiger partial charge on any atom is -0.481 e. The molecule has 0 radical (unpaired) electrons. The minimum absolute atomic E-state index is 0.0934.